The minimum atomic E-state index is 0.208. The van der Waals surface area contributed by atoms with Gasteiger partial charge in [0.15, 0.2) is 0 Å². The van der Waals surface area contributed by atoms with E-state index in [1.54, 1.807) is 11.8 Å². The van der Waals surface area contributed by atoms with Crippen molar-refractivity contribution < 1.29 is 0 Å². The van der Waals surface area contributed by atoms with Crippen molar-refractivity contribution in [3.63, 3.8) is 0 Å². The molecule has 0 spiro atoms. The third-order valence-corrected chi connectivity index (χ3v) is 4.68. The molecular formula is C19H19NS. The summed E-state index contributed by atoms with van der Waals surface area (Å²) < 4.78 is 0. The molecule has 0 heterocycles. The quantitative estimate of drug-likeness (QED) is 0.689. The first-order chi connectivity index (χ1) is 10.3. The number of fused-ring (bicyclic) bond motifs is 1. The minimum Gasteiger partial charge on any atom is -0.309 e. The van der Waals surface area contributed by atoms with Crippen LogP contribution in [-0.2, 0) is 0 Å². The summed E-state index contributed by atoms with van der Waals surface area (Å²) in [5.74, 6) is 0. The lowest BCUT2D eigenvalue weighted by atomic mass is 9.94. The lowest BCUT2D eigenvalue weighted by molar-refractivity contribution is 0.685. The van der Waals surface area contributed by atoms with Gasteiger partial charge in [0.25, 0.3) is 0 Å². The molecule has 3 rings (SSSR count). The van der Waals surface area contributed by atoms with Crippen LogP contribution in [0.1, 0.15) is 17.2 Å². The first kappa shape index (κ1) is 14.2. The van der Waals surface area contributed by atoms with E-state index in [0.29, 0.717) is 0 Å². The van der Waals surface area contributed by atoms with Gasteiger partial charge in [-0.25, -0.2) is 0 Å². The number of nitrogens with one attached hydrogen (secondary N) is 1. The molecule has 0 aliphatic carbocycles. The van der Waals surface area contributed by atoms with Crippen LogP contribution in [0.3, 0.4) is 0 Å². The van der Waals surface area contributed by atoms with Gasteiger partial charge in [-0.15, -0.1) is 11.8 Å². The SMILES string of the molecule is CNC(c1ccccc1SC)c1cccc2ccccc12. The summed E-state index contributed by atoms with van der Waals surface area (Å²) >= 11 is 1.80. The minimum absolute atomic E-state index is 0.208. The summed E-state index contributed by atoms with van der Waals surface area (Å²) in [5.41, 5.74) is 2.67. The highest BCUT2D eigenvalue weighted by Gasteiger charge is 2.17. The van der Waals surface area contributed by atoms with E-state index in [0.717, 1.165) is 0 Å². The molecule has 0 bridgehead atoms. The van der Waals surface area contributed by atoms with Crippen molar-refractivity contribution in [2.24, 2.45) is 0 Å². The van der Waals surface area contributed by atoms with Crippen LogP contribution in [-0.4, -0.2) is 13.3 Å². The highest BCUT2D eigenvalue weighted by Crippen LogP contribution is 2.33. The number of hydrogen-bond acceptors (Lipinski definition) is 2. The van der Waals surface area contributed by atoms with Crippen LogP contribution in [0, 0.1) is 0 Å². The van der Waals surface area contributed by atoms with E-state index in [9.17, 15) is 0 Å². The van der Waals surface area contributed by atoms with Crippen molar-refractivity contribution in [2.75, 3.05) is 13.3 Å². The van der Waals surface area contributed by atoms with Gasteiger partial charge in [0.1, 0.15) is 0 Å². The van der Waals surface area contributed by atoms with E-state index < -0.39 is 0 Å². The molecule has 0 aliphatic rings. The van der Waals surface area contributed by atoms with E-state index in [2.05, 4.69) is 78.3 Å². The first-order valence-corrected chi connectivity index (χ1v) is 8.35. The zero-order valence-electron chi connectivity index (χ0n) is 12.3. The average molecular weight is 293 g/mol. The maximum Gasteiger partial charge on any atom is 0.0591 e. The van der Waals surface area contributed by atoms with Gasteiger partial charge in [-0.1, -0.05) is 60.7 Å². The molecule has 106 valence electrons. The van der Waals surface area contributed by atoms with Crippen LogP contribution in [0.25, 0.3) is 10.8 Å². The second-order valence-electron chi connectivity index (χ2n) is 5.03. The maximum absolute atomic E-state index is 3.49. The number of benzene rings is 3. The summed E-state index contributed by atoms with van der Waals surface area (Å²) in [6, 6.07) is 24.0. The molecule has 0 aliphatic heterocycles. The van der Waals surface area contributed by atoms with Gasteiger partial charge in [-0.05, 0) is 41.3 Å². The number of rotatable bonds is 4. The Labute approximate surface area is 130 Å². The largest absolute Gasteiger partial charge is 0.309 e. The molecule has 0 saturated heterocycles. The second kappa shape index (κ2) is 6.33. The van der Waals surface area contributed by atoms with Gasteiger partial charge in [-0.2, -0.15) is 0 Å². The summed E-state index contributed by atoms with van der Waals surface area (Å²) in [6.07, 6.45) is 2.13. The Morgan fingerprint density at radius 3 is 2.29 bits per heavy atom. The number of thioether (sulfide) groups is 1. The molecule has 0 aromatic heterocycles. The van der Waals surface area contributed by atoms with Crippen molar-refractivity contribution in [3.05, 3.63) is 77.9 Å². The van der Waals surface area contributed by atoms with E-state index in [-0.39, 0.29) is 6.04 Å². The fourth-order valence-corrected chi connectivity index (χ4v) is 3.52. The lowest BCUT2D eigenvalue weighted by Crippen LogP contribution is -2.18. The topological polar surface area (TPSA) is 12.0 Å². The van der Waals surface area contributed by atoms with Crippen LogP contribution >= 0.6 is 11.8 Å². The fourth-order valence-electron chi connectivity index (χ4n) is 2.89. The molecule has 1 nitrogen and oxygen atoms in total. The van der Waals surface area contributed by atoms with Crippen LogP contribution in [0.5, 0.6) is 0 Å². The molecule has 0 amide bonds. The van der Waals surface area contributed by atoms with Gasteiger partial charge < -0.3 is 5.32 Å². The highest BCUT2D eigenvalue weighted by atomic mass is 32.2. The standard InChI is InChI=1S/C19H19NS/c1-20-19(17-11-5-6-13-18(17)21-2)16-12-7-9-14-8-3-4-10-15(14)16/h3-13,19-20H,1-2H3. The van der Waals surface area contributed by atoms with Gasteiger partial charge in [0.2, 0.25) is 0 Å². The van der Waals surface area contributed by atoms with Gasteiger partial charge in [0, 0.05) is 4.90 Å². The molecule has 3 aromatic carbocycles. The van der Waals surface area contributed by atoms with E-state index in [1.165, 1.54) is 26.8 Å². The normalized spacial score (nSPS) is 12.5. The van der Waals surface area contributed by atoms with Gasteiger partial charge in [-0.3, -0.25) is 0 Å². The van der Waals surface area contributed by atoms with Crippen LogP contribution in [0.2, 0.25) is 0 Å². The van der Waals surface area contributed by atoms with Crippen molar-refractivity contribution in [2.45, 2.75) is 10.9 Å². The predicted molar refractivity (Wildman–Crippen MR) is 93.1 cm³/mol. The van der Waals surface area contributed by atoms with Crippen molar-refractivity contribution >= 4 is 22.5 Å². The zero-order valence-corrected chi connectivity index (χ0v) is 13.2. The van der Waals surface area contributed by atoms with E-state index >= 15 is 0 Å². The van der Waals surface area contributed by atoms with Gasteiger partial charge in [0.05, 0.1) is 6.04 Å². The molecule has 0 saturated carbocycles. The van der Waals surface area contributed by atoms with Crippen LogP contribution in [0.15, 0.2) is 71.6 Å². The monoisotopic (exact) mass is 293 g/mol. The molecule has 1 unspecified atom stereocenters. The van der Waals surface area contributed by atoms with Gasteiger partial charge >= 0.3 is 0 Å². The van der Waals surface area contributed by atoms with E-state index in [1.807, 2.05) is 7.05 Å². The molecule has 3 aromatic rings. The molecule has 1 N–H and O–H groups in total. The molecule has 1 atom stereocenters. The molecule has 21 heavy (non-hydrogen) atoms. The summed E-state index contributed by atoms with van der Waals surface area (Å²) in [6.45, 7) is 0. The Bertz CT molecular complexity index is 746. The lowest BCUT2D eigenvalue weighted by Gasteiger charge is -2.21. The van der Waals surface area contributed by atoms with Crippen LogP contribution in [0.4, 0.5) is 0 Å². The first-order valence-electron chi connectivity index (χ1n) is 7.13. The Morgan fingerprint density at radius 2 is 1.48 bits per heavy atom. The fraction of sp³-hybridized carbons (Fsp3) is 0.158. The van der Waals surface area contributed by atoms with Crippen LogP contribution < -0.4 is 5.32 Å². The Balaban J connectivity index is 2.19. The number of hydrogen-bond donors (Lipinski definition) is 1. The molecule has 2 heteroatoms. The summed E-state index contributed by atoms with van der Waals surface area (Å²) in [4.78, 5) is 1.32. The smallest absolute Gasteiger partial charge is 0.0591 e. The molecule has 0 fully saturated rings. The van der Waals surface area contributed by atoms with Crippen molar-refractivity contribution in [1.82, 2.24) is 5.32 Å². The Hall–Kier alpha value is -1.77. The maximum atomic E-state index is 3.49. The Kier molecular flexibility index (Phi) is 4.28. The average Bonchev–Trinajstić information content (AvgIpc) is 2.56. The molecule has 0 radical (unpaired) electrons. The highest BCUT2D eigenvalue weighted by molar-refractivity contribution is 7.98. The third kappa shape index (κ3) is 2.69. The summed E-state index contributed by atoms with van der Waals surface area (Å²) in [5, 5.41) is 6.09. The second-order valence-corrected chi connectivity index (χ2v) is 5.88. The third-order valence-electron chi connectivity index (χ3n) is 3.87. The molecular weight excluding hydrogens is 274 g/mol. The van der Waals surface area contributed by atoms with E-state index in [4.69, 9.17) is 0 Å². The Morgan fingerprint density at radius 1 is 0.810 bits per heavy atom. The summed E-state index contributed by atoms with van der Waals surface area (Å²) in [7, 11) is 2.03. The zero-order chi connectivity index (χ0) is 14.7. The predicted octanol–water partition coefficient (Wildman–Crippen LogP) is 4.87. The van der Waals surface area contributed by atoms with Crippen molar-refractivity contribution in [3.8, 4) is 0 Å². The van der Waals surface area contributed by atoms with Crippen molar-refractivity contribution in [1.29, 1.82) is 0 Å².